The highest BCUT2D eigenvalue weighted by Crippen LogP contribution is 2.27. The molecule has 0 aromatic heterocycles. The summed E-state index contributed by atoms with van der Waals surface area (Å²) in [5.41, 5.74) is 0.226. The lowest BCUT2D eigenvalue weighted by Gasteiger charge is -2.35. The van der Waals surface area contributed by atoms with Gasteiger partial charge in [-0.1, -0.05) is 27.7 Å². The van der Waals surface area contributed by atoms with E-state index in [4.69, 9.17) is 4.74 Å². The standard InChI is InChI=1S/C16H29NO3/c1-12(11-16(2,3)4)10-14(18)17-9-7-6-8-13(17)15(19)20-5/h12-13H,6-11H2,1-5H3. The van der Waals surface area contributed by atoms with Gasteiger partial charge >= 0.3 is 5.97 Å². The van der Waals surface area contributed by atoms with Gasteiger partial charge in [0.1, 0.15) is 6.04 Å². The van der Waals surface area contributed by atoms with E-state index in [1.807, 2.05) is 0 Å². The van der Waals surface area contributed by atoms with Gasteiger partial charge in [0.25, 0.3) is 0 Å². The molecule has 1 heterocycles. The molecule has 0 N–H and O–H groups in total. The van der Waals surface area contributed by atoms with E-state index in [9.17, 15) is 9.59 Å². The molecule has 0 aromatic carbocycles. The van der Waals surface area contributed by atoms with E-state index in [1.165, 1.54) is 7.11 Å². The molecular weight excluding hydrogens is 254 g/mol. The van der Waals surface area contributed by atoms with Crippen LogP contribution in [0.1, 0.15) is 59.8 Å². The summed E-state index contributed by atoms with van der Waals surface area (Å²) in [4.78, 5) is 26.0. The number of esters is 1. The molecule has 0 saturated carbocycles. The summed E-state index contributed by atoms with van der Waals surface area (Å²) in [7, 11) is 1.39. The van der Waals surface area contributed by atoms with Crippen LogP contribution in [0.2, 0.25) is 0 Å². The average molecular weight is 283 g/mol. The maximum absolute atomic E-state index is 12.4. The molecule has 2 atom stereocenters. The predicted molar refractivity (Wildman–Crippen MR) is 79.2 cm³/mol. The Morgan fingerprint density at radius 3 is 2.50 bits per heavy atom. The Balaban J connectivity index is 2.61. The van der Waals surface area contributed by atoms with Gasteiger partial charge in [-0.05, 0) is 37.0 Å². The normalized spacial score (nSPS) is 21.4. The van der Waals surface area contributed by atoms with Crippen molar-refractivity contribution in [2.24, 2.45) is 11.3 Å². The molecule has 0 radical (unpaired) electrons. The second-order valence-corrected chi connectivity index (χ2v) is 7.20. The van der Waals surface area contributed by atoms with E-state index >= 15 is 0 Å². The number of rotatable bonds is 4. The van der Waals surface area contributed by atoms with Crippen LogP contribution in [0, 0.1) is 11.3 Å². The molecule has 4 heteroatoms. The molecule has 20 heavy (non-hydrogen) atoms. The lowest BCUT2D eigenvalue weighted by Crippen LogP contribution is -2.48. The third-order valence-electron chi connectivity index (χ3n) is 3.78. The smallest absolute Gasteiger partial charge is 0.328 e. The highest BCUT2D eigenvalue weighted by molar-refractivity contribution is 5.84. The van der Waals surface area contributed by atoms with Crippen molar-refractivity contribution in [3.8, 4) is 0 Å². The number of amides is 1. The average Bonchev–Trinajstić information content (AvgIpc) is 2.35. The topological polar surface area (TPSA) is 46.6 Å². The second kappa shape index (κ2) is 7.09. The van der Waals surface area contributed by atoms with E-state index in [0.29, 0.717) is 18.9 Å². The largest absolute Gasteiger partial charge is 0.467 e. The zero-order chi connectivity index (χ0) is 15.3. The number of likely N-dealkylation sites (tertiary alicyclic amines) is 1. The molecule has 116 valence electrons. The first-order valence-electron chi connectivity index (χ1n) is 7.62. The quantitative estimate of drug-likeness (QED) is 0.745. The molecule has 0 spiro atoms. The maximum atomic E-state index is 12.4. The fraction of sp³-hybridized carbons (Fsp3) is 0.875. The Morgan fingerprint density at radius 2 is 1.95 bits per heavy atom. The summed E-state index contributed by atoms with van der Waals surface area (Å²) in [6.45, 7) is 9.35. The van der Waals surface area contributed by atoms with Crippen molar-refractivity contribution in [3.63, 3.8) is 0 Å². The highest BCUT2D eigenvalue weighted by atomic mass is 16.5. The SMILES string of the molecule is COC(=O)C1CCCCN1C(=O)CC(C)CC(C)(C)C. The Hall–Kier alpha value is -1.06. The summed E-state index contributed by atoms with van der Waals surface area (Å²) in [6.07, 6.45) is 4.22. The molecule has 1 saturated heterocycles. The fourth-order valence-corrected chi connectivity index (χ4v) is 3.14. The number of hydrogen-bond donors (Lipinski definition) is 0. The van der Waals surface area contributed by atoms with Gasteiger partial charge in [0, 0.05) is 13.0 Å². The van der Waals surface area contributed by atoms with Gasteiger partial charge in [-0.15, -0.1) is 0 Å². The summed E-state index contributed by atoms with van der Waals surface area (Å²) in [5, 5.41) is 0. The van der Waals surface area contributed by atoms with Crippen molar-refractivity contribution >= 4 is 11.9 Å². The number of carbonyl (C=O) groups excluding carboxylic acids is 2. The monoisotopic (exact) mass is 283 g/mol. The van der Waals surface area contributed by atoms with E-state index in [-0.39, 0.29) is 23.3 Å². The molecule has 1 amide bonds. The van der Waals surface area contributed by atoms with Crippen LogP contribution in [-0.2, 0) is 14.3 Å². The molecule has 0 aromatic rings. The van der Waals surface area contributed by atoms with Crippen molar-refractivity contribution in [3.05, 3.63) is 0 Å². The third-order valence-corrected chi connectivity index (χ3v) is 3.78. The lowest BCUT2D eigenvalue weighted by atomic mass is 9.84. The molecule has 1 rings (SSSR count). The first-order chi connectivity index (χ1) is 9.24. The summed E-state index contributed by atoms with van der Waals surface area (Å²) < 4.78 is 4.82. The molecule has 0 aliphatic carbocycles. The Morgan fingerprint density at radius 1 is 1.30 bits per heavy atom. The summed E-state index contributed by atoms with van der Waals surface area (Å²) in [5.74, 6) is 0.154. The van der Waals surface area contributed by atoms with Gasteiger partial charge in [-0.2, -0.15) is 0 Å². The van der Waals surface area contributed by atoms with Crippen molar-refractivity contribution in [1.29, 1.82) is 0 Å². The van der Waals surface area contributed by atoms with Gasteiger partial charge in [-0.3, -0.25) is 4.79 Å². The van der Waals surface area contributed by atoms with E-state index in [2.05, 4.69) is 27.7 Å². The number of piperidine rings is 1. The van der Waals surface area contributed by atoms with Crippen LogP contribution in [0.5, 0.6) is 0 Å². The Kier molecular flexibility index (Phi) is 6.03. The minimum atomic E-state index is -0.372. The van der Waals surface area contributed by atoms with Crippen molar-refractivity contribution in [2.45, 2.75) is 65.8 Å². The molecule has 0 bridgehead atoms. The summed E-state index contributed by atoms with van der Waals surface area (Å²) in [6, 6.07) is -0.372. The van der Waals surface area contributed by atoms with E-state index < -0.39 is 0 Å². The maximum Gasteiger partial charge on any atom is 0.328 e. The van der Waals surface area contributed by atoms with Crippen LogP contribution >= 0.6 is 0 Å². The second-order valence-electron chi connectivity index (χ2n) is 7.20. The minimum Gasteiger partial charge on any atom is -0.467 e. The molecule has 2 unspecified atom stereocenters. The van der Waals surface area contributed by atoms with Crippen LogP contribution < -0.4 is 0 Å². The molecule has 1 aliphatic heterocycles. The van der Waals surface area contributed by atoms with Gasteiger partial charge < -0.3 is 9.64 Å². The van der Waals surface area contributed by atoms with Gasteiger partial charge in [-0.25, -0.2) is 4.79 Å². The predicted octanol–water partition coefficient (Wildman–Crippen LogP) is 3.00. The number of ether oxygens (including phenoxy) is 1. The molecule has 1 fully saturated rings. The van der Waals surface area contributed by atoms with Gasteiger partial charge in [0.05, 0.1) is 7.11 Å². The summed E-state index contributed by atoms with van der Waals surface area (Å²) >= 11 is 0. The number of carbonyl (C=O) groups is 2. The van der Waals surface area contributed by atoms with Crippen molar-refractivity contribution in [2.75, 3.05) is 13.7 Å². The van der Waals surface area contributed by atoms with Crippen LogP contribution in [-0.4, -0.2) is 36.5 Å². The van der Waals surface area contributed by atoms with Gasteiger partial charge in [0.15, 0.2) is 0 Å². The Bertz CT molecular complexity index is 346. The fourth-order valence-electron chi connectivity index (χ4n) is 3.14. The number of hydrogen-bond acceptors (Lipinski definition) is 3. The lowest BCUT2D eigenvalue weighted by molar-refractivity contribution is -0.155. The minimum absolute atomic E-state index is 0.0943. The van der Waals surface area contributed by atoms with Crippen LogP contribution in [0.4, 0.5) is 0 Å². The molecular formula is C16H29NO3. The van der Waals surface area contributed by atoms with Crippen molar-refractivity contribution < 1.29 is 14.3 Å². The van der Waals surface area contributed by atoms with E-state index in [1.54, 1.807) is 4.90 Å². The first-order valence-corrected chi connectivity index (χ1v) is 7.62. The van der Waals surface area contributed by atoms with Crippen LogP contribution in [0.3, 0.4) is 0 Å². The zero-order valence-corrected chi connectivity index (χ0v) is 13.6. The third kappa shape index (κ3) is 5.14. The number of nitrogens with zero attached hydrogens (tertiary/aromatic N) is 1. The number of methoxy groups -OCH3 is 1. The van der Waals surface area contributed by atoms with Crippen molar-refractivity contribution in [1.82, 2.24) is 4.90 Å². The Labute approximate surface area is 122 Å². The van der Waals surface area contributed by atoms with Crippen LogP contribution in [0.25, 0.3) is 0 Å². The first kappa shape index (κ1) is 17.0. The van der Waals surface area contributed by atoms with Gasteiger partial charge in [0.2, 0.25) is 5.91 Å². The zero-order valence-electron chi connectivity index (χ0n) is 13.6. The molecule has 4 nitrogen and oxygen atoms in total. The van der Waals surface area contributed by atoms with E-state index in [0.717, 1.165) is 25.7 Å². The molecule has 1 aliphatic rings. The highest BCUT2D eigenvalue weighted by Gasteiger charge is 2.33. The van der Waals surface area contributed by atoms with Crippen LogP contribution in [0.15, 0.2) is 0 Å².